The maximum Gasteiger partial charge on any atom is 0.297 e. The third-order valence-corrected chi connectivity index (χ3v) is 5.99. The van der Waals surface area contributed by atoms with Gasteiger partial charge in [0.1, 0.15) is 12.4 Å². The molecule has 3 aromatic rings. The normalized spacial score (nSPS) is 11.8. The van der Waals surface area contributed by atoms with Gasteiger partial charge in [0.05, 0.1) is 24.7 Å². The fourth-order valence-corrected chi connectivity index (χ4v) is 3.91. The monoisotopic (exact) mass is 470 g/mol. The standard InChI is InChI=1S/C19H22O5S.C7H8O/c1-16-9-11-19(12-10-16)25(21,22)24-18(8-5-13-20)15-23-14-17-6-3-2-4-7-17;8-6-7-4-2-1-3-5-7/h2-4,6-7,9-13,18H,5,8,14-15H2,1H3;1-5,8H,6H2/t18-;/m1./s1. The van der Waals surface area contributed by atoms with Crippen LogP contribution in [0.5, 0.6) is 0 Å². The van der Waals surface area contributed by atoms with E-state index in [1.54, 1.807) is 12.1 Å². The summed E-state index contributed by atoms with van der Waals surface area (Å²) in [6.07, 6.45) is 0.526. The fourth-order valence-electron chi connectivity index (χ4n) is 2.82. The zero-order chi connectivity index (χ0) is 23.9. The smallest absolute Gasteiger partial charge is 0.297 e. The van der Waals surface area contributed by atoms with Crippen LogP contribution in [-0.2, 0) is 37.0 Å². The Balaban J connectivity index is 0.000000405. The van der Waals surface area contributed by atoms with Crippen LogP contribution in [0.15, 0.2) is 89.8 Å². The number of rotatable bonds is 11. The van der Waals surface area contributed by atoms with Gasteiger partial charge in [-0.3, -0.25) is 4.18 Å². The van der Waals surface area contributed by atoms with Gasteiger partial charge in [-0.1, -0.05) is 78.4 Å². The Bertz CT molecular complexity index is 1040. The molecular weight excluding hydrogens is 440 g/mol. The summed E-state index contributed by atoms with van der Waals surface area (Å²) in [5, 5.41) is 8.54. The molecule has 0 bridgehead atoms. The van der Waals surface area contributed by atoms with E-state index in [0.717, 1.165) is 23.0 Å². The van der Waals surface area contributed by atoms with Crippen molar-refractivity contribution in [1.29, 1.82) is 0 Å². The lowest BCUT2D eigenvalue weighted by Gasteiger charge is -2.17. The first-order valence-corrected chi connectivity index (χ1v) is 12.1. The lowest BCUT2D eigenvalue weighted by atomic mass is 10.2. The van der Waals surface area contributed by atoms with Crippen LogP contribution in [0.1, 0.15) is 29.5 Å². The number of benzene rings is 3. The molecule has 0 heterocycles. The number of carbonyl (C=O) groups excluding carboxylic acids is 1. The molecule has 6 nitrogen and oxygen atoms in total. The van der Waals surface area contributed by atoms with Crippen LogP contribution >= 0.6 is 0 Å². The number of ether oxygens (including phenoxy) is 1. The van der Waals surface area contributed by atoms with Crippen LogP contribution in [-0.4, -0.2) is 32.5 Å². The van der Waals surface area contributed by atoms with E-state index in [9.17, 15) is 13.2 Å². The zero-order valence-electron chi connectivity index (χ0n) is 18.7. The summed E-state index contributed by atoms with van der Waals surface area (Å²) in [5.41, 5.74) is 2.91. The molecule has 0 aromatic heterocycles. The summed E-state index contributed by atoms with van der Waals surface area (Å²) >= 11 is 0. The molecule has 0 fully saturated rings. The molecule has 0 aliphatic rings. The second kappa shape index (κ2) is 14.3. The lowest BCUT2D eigenvalue weighted by Crippen LogP contribution is -2.24. The van der Waals surface area contributed by atoms with Gasteiger partial charge in [0.25, 0.3) is 10.1 Å². The first-order chi connectivity index (χ1) is 15.9. The number of aryl methyl sites for hydroxylation is 1. The van der Waals surface area contributed by atoms with Gasteiger partial charge in [-0.25, -0.2) is 0 Å². The van der Waals surface area contributed by atoms with Crippen molar-refractivity contribution in [2.24, 2.45) is 0 Å². The summed E-state index contributed by atoms with van der Waals surface area (Å²) in [6, 6.07) is 25.5. The molecule has 0 aliphatic carbocycles. The summed E-state index contributed by atoms with van der Waals surface area (Å²) in [5.74, 6) is 0. The van der Waals surface area contributed by atoms with Crippen LogP contribution in [0.3, 0.4) is 0 Å². The SMILES string of the molecule is Cc1ccc(S(=O)(=O)O[C@H](CCC=O)COCc2ccccc2)cc1.OCc1ccccc1. The van der Waals surface area contributed by atoms with Crippen LogP contribution < -0.4 is 0 Å². The first kappa shape index (κ1) is 26.4. The van der Waals surface area contributed by atoms with Gasteiger partial charge in [0, 0.05) is 6.42 Å². The predicted molar refractivity (Wildman–Crippen MR) is 127 cm³/mol. The third-order valence-electron chi connectivity index (χ3n) is 4.62. The van der Waals surface area contributed by atoms with Crippen LogP contribution in [0.2, 0.25) is 0 Å². The largest absolute Gasteiger partial charge is 0.392 e. The van der Waals surface area contributed by atoms with Gasteiger partial charge in [0.15, 0.2) is 0 Å². The number of hydrogen-bond acceptors (Lipinski definition) is 6. The average Bonchev–Trinajstić information content (AvgIpc) is 2.84. The maximum absolute atomic E-state index is 12.4. The van der Waals surface area contributed by atoms with Crippen molar-refractivity contribution in [3.8, 4) is 0 Å². The van der Waals surface area contributed by atoms with Crippen molar-refractivity contribution in [3.63, 3.8) is 0 Å². The van der Waals surface area contributed by atoms with Crippen molar-refractivity contribution in [2.75, 3.05) is 6.61 Å². The highest BCUT2D eigenvalue weighted by Gasteiger charge is 2.22. The van der Waals surface area contributed by atoms with E-state index in [1.807, 2.05) is 67.6 Å². The Morgan fingerprint density at radius 3 is 1.97 bits per heavy atom. The molecular formula is C26H30O6S. The number of aldehydes is 1. The predicted octanol–water partition coefficient (Wildman–Crippen LogP) is 4.44. The highest BCUT2D eigenvalue weighted by Crippen LogP contribution is 2.17. The molecule has 176 valence electrons. The van der Waals surface area contributed by atoms with Gasteiger partial charge in [-0.2, -0.15) is 8.42 Å². The molecule has 0 saturated heterocycles. The van der Waals surface area contributed by atoms with Crippen molar-refractivity contribution in [1.82, 2.24) is 0 Å². The highest BCUT2D eigenvalue weighted by atomic mass is 32.2. The minimum Gasteiger partial charge on any atom is -0.392 e. The molecule has 0 radical (unpaired) electrons. The molecule has 3 aromatic carbocycles. The Morgan fingerprint density at radius 2 is 1.45 bits per heavy atom. The first-order valence-electron chi connectivity index (χ1n) is 10.6. The molecule has 0 aliphatic heterocycles. The minimum atomic E-state index is -3.90. The van der Waals surface area contributed by atoms with E-state index in [0.29, 0.717) is 6.61 Å². The Hall–Kier alpha value is -2.84. The summed E-state index contributed by atoms with van der Waals surface area (Å²) < 4.78 is 35.6. The van der Waals surface area contributed by atoms with E-state index in [2.05, 4.69) is 0 Å². The molecule has 3 rings (SSSR count). The molecule has 1 N–H and O–H groups in total. The van der Waals surface area contributed by atoms with Gasteiger partial charge in [0.2, 0.25) is 0 Å². The number of aliphatic hydroxyl groups excluding tert-OH is 1. The topological polar surface area (TPSA) is 89.9 Å². The minimum absolute atomic E-state index is 0.0911. The molecule has 7 heteroatoms. The molecule has 1 atom stereocenters. The summed E-state index contributed by atoms with van der Waals surface area (Å²) in [6.45, 7) is 2.46. The molecule has 33 heavy (non-hydrogen) atoms. The molecule has 0 unspecified atom stereocenters. The third kappa shape index (κ3) is 10.1. The van der Waals surface area contributed by atoms with Crippen molar-refractivity contribution in [3.05, 3.63) is 102 Å². The van der Waals surface area contributed by atoms with Crippen LogP contribution in [0.4, 0.5) is 0 Å². The van der Waals surface area contributed by atoms with Gasteiger partial charge < -0.3 is 14.6 Å². The van der Waals surface area contributed by atoms with Crippen LogP contribution in [0, 0.1) is 6.92 Å². The fraction of sp³-hybridized carbons (Fsp3) is 0.269. The van der Waals surface area contributed by atoms with Crippen LogP contribution in [0.25, 0.3) is 0 Å². The van der Waals surface area contributed by atoms with Crippen molar-refractivity contribution in [2.45, 2.75) is 44.0 Å². The number of hydrogen-bond donors (Lipinski definition) is 1. The van der Waals surface area contributed by atoms with Gasteiger partial charge in [-0.15, -0.1) is 0 Å². The van der Waals surface area contributed by atoms with E-state index in [4.69, 9.17) is 14.0 Å². The highest BCUT2D eigenvalue weighted by molar-refractivity contribution is 7.86. The van der Waals surface area contributed by atoms with E-state index in [-0.39, 0.29) is 31.0 Å². The quantitative estimate of drug-likeness (QED) is 0.329. The van der Waals surface area contributed by atoms with Gasteiger partial charge in [-0.05, 0) is 36.6 Å². The molecule has 0 spiro atoms. The van der Waals surface area contributed by atoms with Crippen molar-refractivity contribution >= 4 is 16.4 Å². The zero-order valence-corrected chi connectivity index (χ0v) is 19.5. The van der Waals surface area contributed by atoms with Gasteiger partial charge >= 0.3 is 0 Å². The number of aliphatic hydroxyl groups is 1. The van der Waals surface area contributed by atoms with E-state index < -0.39 is 16.2 Å². The average molecular weight is 471 g/mol. The summed E-state index contributed by atoms with van der Waals surface area (Å²) in [7, 11) is -3.90. The maximum atomic E-state index is 12.4. The number of carbonyl (C=O) groups is 1. The van der Waals surface area contributed by atoms with E-state index >= 15 is 0 Å². The molecule has 0 saturated carbocycles. The summed E-state index contributed by atoms with van der Waals surface area (Å²) in [4.78, 5) is 10.7. The Labute approximate surface area is 195 Å². The Kier molecular flexibility index (Phi) is 11.5. The molecule has 0 amide bonds. The van der Waals surface area contributed by atoms with E-state index in [1.165, 1.54) is 12.1 Å². The second-order valence-corrected chi connectivity index (χ2v) is 8.95. The lowest BCUT2D eigenvalue weighted by molar-refractivity contribution is -0.108. The Morgan fingerprint density at radius 1 is 0.879 bits per heavy atom. The van der Waals surface area contributed by atoms with Crippen molar-refractivity contribution < 1.29 is 27.2 Å². The second-order valence-electron chi connectivity index (χ2n) is 7.37.